The molecule has 12 heteroatoms. The predicted molar refractivity (Wildman–Crippen MR) is 124 cm³/mol. The van der Waals surface area contributed by atoms with Gasteiger partial charge in [0.25, 0.3) is 5.91 Å². The smallest absolute Gasteiger partial charge is 0.387 e. The van der Waals surface area contributed by atoms with Crippen molar-refractivity contribution in [2.24, 2.45) is 23.3 Å². The number of carbonyl (C=O) groups is 2. The van der Waals surface area contributed by atoms with Crippen molar-refractivity contribution >= 4 is 24.2 Å². The van der Waals surface area contributed by atoms with Gasteiger partial charge < -0.3 is 30.3 Å². The number of nitrogens with two attached hydrogens (primary N) is 2. The molecule has 35 heavy (non-hydrogen) atoms. The molecule has 0 spiro atoms. The lowest BCUT2D eigenvalue weighted by molar-refractivity contribution is -0.123. The van der Waals surface area contributed by atoms with Crippen LogP contribution in [0.4, 0.5) is 8.78 Å². The van der Waals surface area contributed by atoms with Crippen LogP contribution in [0.3, 0.4) is 0 Å². The van der Waals surface area contributed by atoms with Crippen LogP contribution in [0.1, 0.15) is 54.9 Å². The summed E-state index contributed by atoms with van der Waals surface area (Å²) in [6, 6.07) is 3.75. The van der Waals surface area contributed by atoms with Crippen molar-refractivity contribution in [2.75, 3.05) is 19.7 Å². The summed E-state index contributed by atoms with van der Waals surface area (Å²) in [5.74, 6) is -0.198. The van der Waals surface area contributed by atoms with E-state index in [2.05, 4.69) is 9.72 Å². The second-order valence-electron chi connectivity index (χ2n) is 8.78. The Morgan fingerprint density at radius 3 is 2.46 bits per heavy atom. The lowest BCUT2D eigenvalue weighted by atomic mass is 9.96. The van der Waals surface area contributed by atoms with Crippen molar-refractivity contribution in [1.29, 1.82) is 0 Å². The number of aromatic nitrogens is 1. The van der Waals surface area contributed by atoms with E-state index in [0.717, 1.165) is 12.8 Å². The zero-order valence-corrected chi connectivity index (χ0v) is 20.1. The van der Waals surface area contributed by atoms with E-state index < -0.39 is 12.7 Å². The highest BCUT2D eigenvalue weighted by atomic mass is 35.5. The molecule has 2 amide bonds. The Morgan fingerprint density at radius 1 is 1.20 bits per heavy atom. The third-order valence-corrected chi connectivity index (χ3v) is 6.03. The molecule has 1 saturated heterocycles. The number of rotatable bonds is 9. The summed E-state index contributed by atoms with van der Waals surface area (Å²) in [6.07, 6.45) is 3.02. The molecular weight excluding hydrogens is 486 g/mol. The van der Waals surface area contributed by atoms with Gasteiger partial charge in [0.1, 0.15) is 0 Å². The van der Waals surface area contributed by atoms with Crippen LogP contribution in [0.2, 0.25) is 0 Å². The number of benzene rings is 1. The van der Waals surface area contributed by atoms with Crippen LogP contribution in [0, 0.1) is 11.8 Å². The summed E-state index contributed by atoms with van der Waals surface area (Å²) < 4.78 is 41.8. The number of alkyl halides is 2. The third-order valence-electron chi connectivity index (χ3n) is 6.03. The number of hydrogen-bond donors (Lipinski definition) is 2. The van der Waals surface area contributed by atoms with Gasteiger partial charge in [-0.3, -0.25) is 9.59 Å². The SMILES string of the molecule is C[C@H](N)c1oc(-c2ccc(OC(F)F)c(OCC3CC3)c2)nc1C(=O)N1CCC(C(N)=O)CC1.Cl. The number of ether oxygens (including phenoxy) is 2. The normalized spacial score (nSPS) is 17.1. The Kier molecular flexibility index (Phi) is 8.55. The van der Waals surface area contributed by atoms with Crippen molar-refractivity contribution < 1.29 is 32.3 Å². The van der Waals surface area contributed by atoms with Gasteiger partial charge in [0.05, 0.1) is 12.6 Å². The Hall–Kier alpha value is -2.92. The molecule has 1 aromatic carbocycles. The average molecular weight is 515 g/mol. The zero-order valence-electron chi connectivity index (χ0n) is 19.2. The van der Waals surface area contributed by atoms with Gasteiger partial charge in [0.15, 0.2) is 23.0 Å². The maximum Gasteiger partial charge on any atom is 0.387 e. The van der Waals surface area contributed by atoms with Gasteiger partial charge in [-0.05, 0) is 56.7 Å². The van der Waals surface area contributed by atoms with Crippen molar-refractivity contribution in [3.8, 4) is 23.0 Å². The maximum atomic E-state index is 13.2. The summed E-state index contributed by atoms with van der Waals surface area (Å²) in [7, 11) is 0. The number of carbonyl (C=O) groups excluding carboxylic acids is 2. The molecule has 1 aromatic heterocycles. The molecule has 2 aliphatic rings. The minimum absolute atomic E-state index is 0. The van der Waals surface area contributed by atoms with Crippen LogP contribution in [-0.2, 0) is 4.79 Å². The van der Waals surface area contributed by atoms with Crippen LogP contribution in [-0.4, -0.2) is 48.0 Å². The van der Waals surface area contributed by atoms with Gasteiger partial charge in [-0.2, -0.15) is 8.78 Å². The molecule has 1 aliphatic carbocycles. The Bertz CT molecular complexity index is 1050. The maximum absolute atomic E-state index is 13.2. The first-order valence-corrected chi connectivity index (χ1v) is 11.3. The van der Waals surface area contributed by atoms with Crippen molar-refractivity contribution in [2.45, 2.75) is 45.3 Å². The van der Waals surface area contributed by atoms with E-state index in [9.17, 15) is 18.4 Å². The van der Waals surface area contributed by atoms with Gasteiger partial charge in [-0.1, -0.05) is 0 Å². The first-order chi connectivity index (χ1) is 16.2. The number of amides is 2. The minimum Gasteiger partial charge on any atom is -0.489 e. The molecule has 0 radical (unpaired) electrons. The fourth-order valence-corrected chi connectivity index (χ4v) is 3.87. The third kappa shape index (κ3) is 6.40. The molecule has 4 rings (SSSR count). The minimum atomic E-state index is -3.00. The van der Waals surface area contributed by atoms with Crippen LogP contribution in [0.15, 0.2) is 22.6 Å². The molecule has 0 unspecified atom stereocenters. The van der Waals surface area contributed by atoms with Crippen LogP contribution >= 0.6 is 12.4 Å². The molecule has 2 aromatic rings. The highest BCUT2D eigenvalue weighted by molar-refractivity contribution is 5.94. The van der Waals surface area contributed by atoms with Crippen LogP contribution < -0.4 is 20.9 Å². The van der Waals surface area contributed by atoms with E-state index in [1.54, 1.807) is 11.8 Å². The second-order valence-corrected chi connectivity index (χ2v) is 8.78. The lowest BCUT2D eigenvalue weighted by Crippen LogP contribution is -2.42. The first-order valence-electron chi connectivity index (χ1n) is 11.3. The number of hydrogen-bond acceptors (Lipinski definition) is 7. The van der Waals surface area contributed by atoms with Crippen LogP contribution in [0.5, 0.6) is 11.5 Å². The van der Waals surface area contributed by atoms with Gasteiger partial charge in [-0.25, -0.2) is 4.98 Å². The van der Waals surface area contributed by atoms with Gasteiger partial charge in [0.2, 0.25) is 11.8 Å². The second kappa shape index (κ2) is 11.2. The van der Waals surface area contributed by atoms with E-state index in [1.807, 2.05) is 0 Å². The van der Waals surface area contributed by atoms with Crippen LogP contribution in [0.25, 0.3) is 11.5 Å². The Balaban J connectivity index is 0.00000342. The summed E-state index contributed by atoms with van der Waals surface area (Å²) in [5.41, 5.74) is 11.9. The highest BCUT2D eigenvalue weighted by Crippen LogP contribution is 2.37. The quantitative estimate of drug-likeness (QED) is 0.523. The van der Waals surface area contributed by atoms with Crippen molar-refractivity contribution in [1.82, 2.24) is 9.88 Å². The van der Waals surface area contributed by atoms with E-state index in [4.69, 9.17) is 20.6 Å². The Morgan fingerprint density at radius 2 is 1.89 bits per heavy atom. The number of likely N-dealkylation sites (tertiary alicyclic amines) is 1. The largest absolute Gasteiger partial charge is 0.489 e. The molecule has 1 atom stereocenters. The predicted octanol–water partition coefficient (Wildman–Crippen LogP) is 3.51. The molecule has 2 heterocycles. The number of halogens is 3. The molecular formula is C23H29ClF2N4O5. The highest BCUT2D eigenvalue weighted by Gasteiger charge is 2.31. The Labute approximate surface area is 207 Å². The summed E-state index contributed by atoms with van der Waals surface area (Å²) in [6.45, 7) is -0.199. The molecule has 9 nitrogen and oxygen atoms in total. The first kappa shape index (κ1) is 26.7. The van der Waals surface area contributed by atoms with Gasteiger partial charge in [-0.15, -0.1) is 12.4 Å². The van der Waals surface area contributed by atoms with E-state index >= 15 is 0 Å². The summed E-state index contributed by atoms with van der Waals surface area (Å²) >= 11 is 0. The van der Waals surface area contributed by atoms with E-state index in [1.165, 1.54) is 18.2 Å². The summed E-state index contributed by atoms with van der Waals surface area (Å²) in [5, 5.41) is 0. The van der Waals surface area contributed by atoms with Gasteiger partial charge in [0, 0.05) is 24.6 Å². The topological polar surface area (TPSA) is 134 Å². The molecule has 2 fully saturated rings. The van der Waals surface area contributed by atoms with Crippen molar-refractivity contribution in [3.05, 3.63) is 29.7 Å². The number of nitrogens with zero attached hydrogens (tertiary/aromatic N) is 2. The van der Waals surface area contributed by atoms with Gasteiger partial charge >= 0.3 is 6.61 Å². The number of piperidine rings is 1. The molecule has 1 aliphatic heterocycles. The van der Waals surface area contributed by atoms with Crippen molar-refractivity contribution in [3.63, 3.8) is 0 Å². The molecule has 4 N–H and O–H groups in total. The number of primary amides is 1. The average Bonchev–Trinajstić information content (AvgIpc) is 3.52. The lowest BCUT2D eigenvalue weighted by Gasteiger charge is -2.30. The fourth-order valence-electron chi connectivity index (χ4n) is 3.87. The summed E-state index contributed by atoms with van der Waals surface area (Å²) in [4.78, 5) is 30.6. The molecule has 192 valence electrons. The van der Waals surface area contributed by atoms with E-state index in [-0.39, 0.29) is 59.0 Å². The molecule has 1 saturated carbocycles. The van der Waals surface area contributed by atoms with E-state index in [0.29, 0.717) is 44.0 Å². The fraction of sp³-hybridized carbons (Fsp3) is 0.522. The standard InChI is InChI=1S/C23H28F2N4O5.ClH/c1-12(26)19-18(22(31)29-8-6-14(7-9-29)20(27)30)28-21(34-19)15-4-5-16(33-23(24)25)17(10-15)32-11-13-2-3-13;/h4-5,10,12-14,23H,2-3,6-9,11,26H2,1H3,(H2,27,30);1H/t12-;/m0./s1. The monoisotopic (exact) mass is 514 g/mol. The zero-order chi connectivity index (χ0) is 24.4. The number of oxazole rings is 1. The molecule has 0 bridgehead atoms.